The van der Waals surface area contributed by atoms with Gasteiger partial charge in [0.15, 0.2) is 5.78 Å². The van der Waals surface area contributed by atoms with Crippen LogP contribution in [0.3, 0.4) is 0 Å². The predicted molar refractivity (Wildman–Crippen MR) is 53.4 cm³/mol. The Hall–Kier alpha value is -1.32. The maximum Gasteiger partial charge on any atom is 0.217 e. The Kier molecular flexibility index (Phi) is 4.16. The van der Waals surface area contributed by atoms with Crippen LogP contribution in [-0.4, -0.2) is 18.2 Å². The summed E-state index contributed by atoms with van der Waals surface area (Å²) in [7, 11) is 0. The highest BCUT2D eigenvalue weighted by molar-refractivity contribution is 5.92. The van der Waals surface area contributed by atoms with Gasteiger partial charge in [-0.15, -0.1) is 0 Å². The molecule has 0 bridgehead atoms. The molecule has 0 aliphatic heterocycles. The van der Waals surface area contributed by atoms with Crippen molar-refractivity contribution in [2.45, 2.75) is 32.1 Å². The molecule has 1 aliphatic carbocycles. The van der Waals surface area contributed by atoms with Crippen LogP contribution in [0.5, 0.6) is 0 Å². The highest BCUT2D eigenvalue weighted by Gasteiger charge is 2.10. The van der Waals surface area contributed by atoms with Gasteiger partial charge in [-0.1, -0.05) is 0 Å². The Bertz CT molecular complexity index is 259. The van der Waals surface area contributed by atoms with Gasteiger partial charge in [-0.2, -0.15) is 0 Å². The lowest BCUT2D eigenvalue weighted by molar-refractivity contribution is -0.118. The first-order chi connectivity index (χ1) is 6.68. The largest absolute Gasteiger partial charge is 0.388 e. The summed E-state index contributed by atoms with van der Waals surface area (Å²) in [4.78, 5) is 21.3. The van der Waals surface area contributed by atoms with Crippen LogP contribution in [0.1, 0.15) is 32.1 Å². The van der Waals surface area contributed by atoms with Crippen LogP contribution >= 0.6 is 0 Å². The van der Waals surface area contributed by atoms with Crippen LogP contribution in [0.2, 0.25) is 0 Å². The van der Waals surface area contributed by atoms with Gasteiger partial charge >= 0.3 is 0 Å². The minimum absolute atomic E-state index is 0.199. The molecule has 0 unspecified atom stereocenters. The smallest absolute Gasteiger partial charge is 0.217 e. The molecule has 0 spiro atoms. The number of allylic oxidation sites excluding steroid dienone is 2. The summed E-state index contributed by atoms with van der Waals surface area (Å²) in [6.45, 7) is 0.812. The molecule has 0 saturated carbocycles. The minimum Gasteiger partial charge on any atom is -0.388 e. The van der Waals surface area contributed by atoms with Crippen molar-refractivity contribution in [3.8, 4) is 0 Å². The molecule has 0 aromatic rings. The topological polar surface area (TPSA) is 72.2 Å². The fourth-order valence-electron chi connectivity index (χ4n) is 1.41. The average molecular weight is 196 g/mol. The quantitative estimate of drug-likeness (QED) is 0.607. The van der Waals surface area contributed by atoms with Crippen LogP contribution in [0.4, 0.5) is 0 Å². The van der Waals surface area contributed by atoms with Crippen molar-refractivity contribution >= 4 is 11.7 Å². The fraction of sp³-hybridized carbons (Fsp3) is 0.600. The van der Waals surface area contributed by atoms with Gasteiger partial charge < -0.3 is 11.1 Å². The molecule has 1 rings (SSSR count). The van der Waals surface area contributed by atoms with E-state index in [2.05, 4.69) is 5.32 Å². The van der Waals surface area contributed by atoms with Crippen molar-refractivity contribution in [3.05, 3.63) is 11.8 Å². The van der Waals surface area contributed by atoms with Gasteiger partial charge in [-0.05, 0) is 19.3 Å². The predicted octanol–water partition coefficient (Wildman–Crippen LogP) is 0.478. The summed E-state index contributed by atoms with van der Waals surface area (Å²) >= 11 is 0. The first-order valence-corrected chi connectivity index (χ1v) is 4.94. The van der Waals surface area contributed by atoms with Gasteiger partial charge in [0.05, 0.1) is 0 Å². The highest BCUT2D eigenvalue weighted by Crippen LogP contribution is 2.11. The molecule has 0 aromatic heterocycles. The molecule has 0 fully saturated rings. The molecule has 78 valence electrons. The summed E-state index contributed by atoms with van der Waals surface area (Å²) < 4.78 is 0. The zero-order chi connectivity index (χ0) is 10.4. The number of nitrogens with two attached hydrogens (primary N) is 1. The van der Waals surface area contributed by atoms with Crippen molar-refractivity contribution in [2.24, 2.45) is 5.73 Å². The van der Waals surface area contributed by atoms with Crippen LogP contribution < -0.4 is 11.1 Å². The molecule has 14 heavy (non-hydrogen) atoms. The summed E-state index contributed by atoms with van der Waals surface area (Å²) in [6.07, 6.45) is 5.28. The van der Waals surface area contributed by atoms with E-state index in [0.29, 0.717) is 12.8 Å². The molecule has 0 saturated heterocycles. The monoisotopic (exact) mass is 196 g/mol. The molecule has 0 radical (unpaired) electrons. The first kappa shape index (κ1) is 10.8. The Balaban J connectivity index is 2.02. The number of carbonyl (C=O) groups is 2. The second-order valence-corrected chi connectivity index (χ2v) is 3.49. The van der Waals surface area contributed by atoms with Gasteiger partial charge in [0, 0.05) is 31.2 Å². The number of hydrogen-bond donors (Lipinski definition) is 2. The molecule has 4 nitrogen and oxygen atoms in total. The number of nitrogens with one attached hydrogen (secondary N) is 1. The zero-order valence-electron chi connectivity index (χ0n) is 8.21. The number of amides is 1. The summed E-state index contributed by atoms with van der Waals surface area (Å²) in [6, 6.07) is 0. The van der Waals surface area contributed by atoms with Crippen molar-refractivity contribution in [3.63, 3.8) is 0 Å². The van der Waals surface area contributed by atoms with Crippen LogP contribution in [0.25, 0.3) is 0 Å². The second-order valence-electron chi connectivity index (χ2n) is 3.49. The normalized spacial score (nSPS) is 15.4. The van der Waals surface area contributed by atoms with E-state index in [9.17, 15) is 9.59 Å². The van der Waals surface area contributed by atoms with E-state index >= 15 is 0 Å². The first-order valence-electron chi connectivity index (χ1n) is 4.94. The summed E-state index contributed by atoms with van der Waals surface area (Å²) in [5, 5.41) is 3.17. The Morgan fingerprint density at radius 2 is 2.21 bits per heavy atom. The maximum absolute atomic E-state index is 10.9. The van der Waals surface area contributed by atoms with E-state index in [1.807, 2.05) is 0 Å². The third-order valence-corrected chi connectivity index (χ3v) is 2.18. The number of primary amides is 1. The zero-order valence-corrected chi connectivity index (χ0v) is 8.21. The highest BCUT2D eigenvalue weighted by atomic mass is 16.1. The Labute approximate surface area is 83.5 Å². The van der Waals surface area contributed by atoms with Crippen molar-refractivity contribution in [1.29, 1.82) is 0 Å². The lowest BCUT2D eigenvalue weighted by atomic mass is 10.2. The van der Waals surface area contributed by atoms with Crippen molar-refractivity contribution in [2.75, 3.05) is 6.54 Å². The second kappa shape index (κ2) is 5.42. The van der Waals surface area contributed by atoms with Gasteiger partial charge in [0.2, 0.25) is 5.91 Å². The number of rotatable bonds is 6. The van der Waals surface area contributed by atoms with Crippen LogP contribution in [0, 0.1) is 0 Å². The lowest BCUT2D eigenvalue weighted by Gasteiger charge is -2.05. The third-order valence-electron chi connectivity index (χ3n) is 2.18. The standard InChI is InChI=1S/C10H16N2O2/c11-10(14)3-1-2-6-12-8-4-5-9(13)7-8/h7,12H,1-6H2,(H2,11,14). The number of hydrogen-bond acceptors (Lipinski definition) is 3. The molecular formula is C10H16N2O2. The van der Waals surface area contributed by atoms with Gasteiger partial charge in [-0.25, -0.2) is 0 Å². The molecule has 4 heteroatoms. The van der Waals surface area contributed by atoms with E-state index in [0.717, 1.165) is 31.5 Å². The molecule has 0 aromatic carbocycles. The maximum atomic E-state index is 10.9. The van der Waals surface area contributed by atoms with Gasteiger partial charge in [0.1, 0.15) is 0 Å². The van der Waals surface area contributed by atoms with E-state index < -0.39 is 0 Å². The van der Waals surface area contributed by atoms with E-state index in [-0.39, 0.29) is 11.7 Å². The molecule has 1 aliphatic rings. The number of carbonyl (C=O) groups excluding carboxylic acids is 2. The minimum atomic E-state index is -0.250. The molecular weight excluding hydrogens is 180 g/mol. The van der Waals surface area contributed by atoms with Crippen LogP contribution in [0.15, 0.2) is 11.8 Å². The van der Waals surface area contributed by atoms with E-state index in [1.54, 1.807) is 6.08 Å². The van der Waals surface area contributed by atoms with Gasteiger partial charge in [0.25, 0.3) is 0 Å². The third kappa shape index (κ3) is 4.07. The molecule has 0 heterocycles. The Morgan fingerprint density at radius 1 is 1.43 bits per heavy atom. The van der Waals surface area contributed by atoms with E-state index in [1.165, 1.54) is 0 Å². The fourth-order valence-corrected chi connectivity index (χ4v) is 1.41. The lowest BCUT2D eigenvalue weighted by Crippen LogP contribution is -2.15. The SMILES string of the molecule is NC(=O)CCCCNC1=CC(=O)CC1. The number of unbranched alkanes of at least 4 members (excludes halogenated alkanes) is 1. The molecule has 0 atom stereocenters. The van der Waals surface area contributed by atoms with Gasteiger partial charge in [-0.3, -0.25) is 9.59 Å². The van der Waals surface area contributed by atoms with Crippen molar-refractivity contribution < 1.29 is 9.59 Å². The number of ketones is 1. The Morgan fingerprint density at radius 3 is 2.79 bits per heavy atom. The van der Waals surface area contributed by atoms with E-state index in [4.69, 9.17) is 5.73 Å². The van der Waals surface area contributed by atoms with Crippen molar-refractivity contribution in [1.82, 2.24) is 5.32 Å². The summed E-state index contributed by atoms with van der Waals surface area (Å²) in [5.74, 6) is -0.0510. The summed E-state index contributed by atoms with van der Waals surface area (Å²) in [5.41, 5.74) is 6.02. The van der Waals surface area contributed by atoms with Crippen LogP contribution in [-0.2, 0) is 9.59 Å². The molecule has 1 amide bonds. The average Bonchev–Trinajstić information content (AvgIpc) is 2.50. The molecule has 3 N–H and O–H groups in total.